The first-order valence-electron chi connectivity index (χ1n) is 8.10. The van der Waals surface area contributed by atoms with E-state index in [0.717, 1.165) is 19.0 Å². The third-order valence-corrected chi connectivity index (χ3v) is 4.40. The average Bonchev–Trinajstić information content (AvgIpc) is 2.43. The van der Waals surface area contributed by atoms with Crippen molar-refractivity contribution in [2.24, 2.45) is 5.92 Å². The molecule has 128 valence electrons. The first kappa shape index (κ1) is 21.7. The summed E-state index contributed by atoms with van der Waals surface area (Å²) in [5.74, 6) is 0.783. The Morgan fingerprint density at radius 3 is 2.27 bits per heavy atom. The lowest BCUT2D eigenvalue weighted by molar-refractivity contribution is 0.159. The molecule has 4 heteroatoms. The molecule has 0 amide bonds. The molecule has 2 nitrogen and oxygen atoms in total. The van der Waals surface area contributed by atoms with Crippen molar-refractivity contribution in [2.45, 2.75) is 46.6 Å². The van der Waals surface area contributed by atoms with Gasteiger partial charge in [-0.1, -0.05) is 37.6 Å². The minimum atomic E-state index is 0. The summed E-state index contributed by atoms with van der Waals surface area (Å²) in [7, 11) is 0. The Labute approximate surface area is 148 Å². The summed E-state index contributed by atoms with van der Waals surface area (Å²) >= 11 is 0. The lowest BCUT2D eigenvalue weighted by atomic mass is 9.92. The van der Waals surface area contributed by atoms with E-state index in [2.05, 4.69) is 56.1 Å². The van der Waals surface area contributed by atoms with Crippen molar-refractivity contribution in [2.75, 3.05) is 26.2 Å². The Balaban J connectivity index is 0.00000220. The van der Waals surface area contributed by atoms with Gasteiger partial charge in [0.15, 0.2) is 0 Å². The molecular formula is C18H32Cl2N2. The zero-order valence-electron chi connectivity index (χ0n) is 14.4. The number of halogens is 2. The van der Waals surface area contributed by atoms with Crippen molar-refractivity contribution in [1.29, 1.82) is 0 Å². The summed E-state index contributed by atoms with van der Waals surface area (Å²) in [5.41, 5.74) is 4.38. The van der Waals surface area contributed by atoms with Crippen LogP contribution in [0.3, 0.4) is 0 Å². The van der Waals surface area contributed by atoms with Crippen molar-refractivity contribution in [1.82, 2.24) is 10.2 Å². The Morgan fingerprint density at radius 1 is 1.05 bits per heavy atom. The Bertz CT molecular complexity index is 429. The smallest absolute Gasteiger partial charge is 0.0352 e. The van der Waals surface area contributed by atoms with Crippen molar-refractivity contribution < 1.29 is 0 Å². The van der Waals surface area contributed by atoms with E-state index < -0.39 is 0 Å². The van der Waals surface area contributed by atoms with Gasteiger partial charge in [-0.3, -0.25) is 4.90 Å². The van der Waals surface area contributed by atoms with Crippen LogP contribution in [0.15, 0.2) is 18.2 Å². The molecule has 1 N–H and O–H groups in total. The summed E-state index contributed by atoms with van der Waals surface area (Å²) in [6.45, 7) is 13.7. The van der Waals surface area contributed by atoms with Crippen LogP contribution in [0.1, 0.15) is 49.4 Å². The molecule has 1 heterocycles. The summed E-state index contributed by atoms with van der Waals surface area (Å²) < 4.78 is 0. The Morgan fingerprint density at radius 2 is 1.68 bits per heavy atom. The van der Waals surface area contributed by atoms with Crippen LogP contribution in [0, 0.1) is 19.8 Å². The zero-order valence-corrected chi connectivity index (χ0v) is 16.0. The maximum absolute atomic E-state index is 3.47. The van der Waals surface area contributed by atoms with Crippen molar-refractivity contribution >= 4 is 24.8 Å². The van der Waals surface area contributed by atoms with E-state index >= 15 is 0 Å². The van der Waals surface area contributed by atoms with Crippen LogP contribution in [-0.2, 0) is 0 Å². The van der Waals surface area contributed by atoms with E-state index in [1.807, 2.05) is 0 Å². The lowest BCUT2D eigenvalue weighted by Crippen LogP contribution is -2.45. The molecule has 1 aromatic carbocycles. The molecule has 1 fully saturated rings. The summed E-state index contributed by atoms with van der Waals surface area (Å²) in [4.78, 5) is 2.68. The van der Waals surface area contributed by atoms with Gasteiger partial charge in [-0.2, -0.15) is 0 Å². The summed E-state index contributed by atoms with van der Waals surface area (Å²) in [6, 6.07) is 7.52. The molecule has 22 heavy (non-hydrogen) atoms. The van der Waals surface area contributed by atoms with Gasteiger partial charge in [0.1, 0.15) is 0 Å². The number of hydrogen-bond donors (Lipinski definition) is 1. The first-order chi connectivity index (χ1) is 9.58. The topological polar surface area (TPSA) is 15.3 Å². The van der Waals surface area contributed by atoms with Gasteiger partial charge in [-0.25, -0.2) is 0 Å². The first-order valence-corrected chi connectivity index (χ1v) is 8.10. The number of piperazine rings is 1. The zero-order chi connectivity index (χ0) is 14.5. The van der Waals surface area contributed by atoms with E-state index in [9.17, 15) is 0 Å². The van der Waals surface area contributed by atoms with Gasteiger partial charge >= 0.3 is 0 Å². The highest BCUT2D eigenvalue weighted by Crippen LogP contribution is 2.30. The molecule has 1 saturated heterocycles. The summed E-state index contributed by atoms with van der Waals surface area (Å²) in [5, 5.41) is 3.47. The number of rotatable bonds is 5. The molecule has 1 aromatic rings. The van der Waals surface area contributed by atoms with Gasteiger partial charge in [0.05, 0.1) is 0 Å². The highest BCUT2D eigenvalue weighted by atomic mass is 35.5. The molecule has 1 aliphatic rings. The second kappa shape index (κ2) is 10.5. The molecule has 0 spiro atoms. The molecule has 0 saturated carbocycles. The number of nitrogens with zero attached hydrogens (tertiary/aromatic N) is 1. The highest BCUT2D eigenvalue weighted by Gasteiger charge is 2.23. The van der Waals surface area contributed by atoms with Crippen molar-refractivity contribution in [3.05, 3.63) is 34.9 Å². The SMILES string of the molecule is Cc1ccc(C)c([C@@H](CCC(C)C)N2CCNCC2)c1.Cl.Cl. The molecule has 0 aliphatic carbocycles. The maximum atomic E-state index is 3.47. The third-order valence-electron chi connectivity index (χ3n) is 4.40. The fraction of sp³-hybridized carbons (Fsp3) is 0.667. The average molecular weight is 347 g/mol. The van der Waals surface area contributed by atoms with E-state index in [0.29, 0.717) is 6.04 Å². The number of nitrogens with one attached hydrogen (secondary N) is 1. The van der Waals surface area contributed by atoms with Crippen molar-refractivity contribution in [3.8, 4) is 0 Å². The van der Waals surface area contributed by atoms with E-state index in [-0.39, 0.29) is 24.8 Å². The third kappa shape index (κ3) is 6.08. The lowest BCUT2D eigenvalue weighted by Gasteiger charge is -2.36. The van der Waals surface area contributed by atoms with Crippen LogP contribution in [0.4, 0.5) is 0 Å². The van der Waals surface area contributed by atoms with Crippen LogP contribution in [-0.4, -0.2) is 31.1 Å². The number of aryl methyl sites for hydroxylation is 2. The predicted octanol–water partition coefficient (Wildman–Crippen LogP) is 4.53. The predicted molar refractivity (Wildman–Crippen MR) is 102 cm³/mol. The molecule has 1 atom stereocenters. The standard InChI is InChI=1S/C18H30N2.2ClH/c1-14(2)5-8-18(20-11-9-19-10-12-20)17-13-15(3)6-7-16(17)4;;/h6-7,13-14,18-19H,5,8-12H2,1-4H3;2*1H/t18-;;/m1../s1. The minimum absolute atomic E-state index is 0. The highest BCUT2D eigenvalue weighted by molar-refractivity contribution is 5.85. The van der Waals surface area contributed by atoms with E-state index in [1.165, 1.54) is 37.1 Å². The van der Waals surface area contributed by atoms with Crippen LogP contribution >= 0.6 is 24.8 Å². The van der Waals surface area contributed by atoms with Crippen molar-refractivity contribution in [3.63, 3.8) is 0 Å². The van der Waals surface area contributed by atoms with Gasteiger partial charge in [-0.05, 0) is 43.7 Å². The molecule has 0 bridgehead atoms. The minimum Gasteiger partial charge on any atom is -0.314 e. The van der Waals surface area contributed by atoms with E-state index in [1.54, 1.807) is 5.56 Å². The summed E-state index contributed by atoms with van der Waals surface area (Å²) in [6.07, 6.45) is 2.59. The number of hydrogen-bond acceptors (Lipinski definition) is 2. The van der Waals surface area contributed by atoms with Crippen LogP contribution < -0.4 is 5.32 Å². The monoisotopic (exact) mass is 346 g/mol. The molecule has 0 radical (unpaired) electrons. The normalized spacial score (nSPS) is 16.8. The van der Waals surface area contributed by atoms with Gasteiger partial charge in [0, 0.05) is 32.2 Å². The Hall–Kier alpha value is -0.280. The van der Waals surface area contributed by atoms with Crippen LogP contribution in [0.2, 0.25) is 0 Å². The molecular weight excluding hydrogens is 315 g/mol. The van der Waals surface area contributed by atoms with Crippen LogP contribution in [0.5, 0.6) is 0 Å². The Kier molecular flexibility index (Phi) is 10.4. The van der Waals surface area contributed by atoms with Crippen LogP contribution in [0.25, 0.3) is 0 Å². The van der Waals surface area contributed by atoms with Gasteiger partial charge in [0.2, 0.25) is 0 Å². The maximum Gasteiger partial charge on any atom is 0.0352 e. The quantitative estimate of drug-likeness (QED) is 0.842. The second-order valence-electron chi connectivity index (χ2n) is 6.63. The molecule has 0 aromatic heterocycles. The molecule has 1 aliphatic heterocycles. The second-order valence-corrected chi connectivity index (χ2v) is 6.63. The van der Waals surface area contributed by atoms with E-state index in [4.69, 9.17) is 0 Å². The fourth-order valence-electron chi connectivity index (χ4n) is 3.14. The fourth-order valence-corrected chi connectivity index (χ4v) is 3.14. The number of benzene rings is 1. The van der Waals surface area contributed by atoms with Gasteiger partial charge < -0.3 is 5.32 Å². The molecule has 0 unspecified atom stereocenters. The van der Waals surface area contributed by atoms with Gasteiger partial charge in [-0.15, -0.1) is 24.8 Å². The largest absolute Gasteiger partial charge is 0.314 e. The van der Waals surface area contributed by atoms with Gasteiger partial charge in [0.25, 0.3) is 0 Å². The molecule has 2 rings (SSSR count).